The number of halogens is 1. The molecule has 3 heterocycles. The molecule has 2 aliphatic rings. The number of likely N-dealkylation sites (tertiary alicyclic amines) is 1. The van der Waals surface area contributed by atoms with E-state index < -0.39 is 0 Å². The number of nitrogens with one attached hydrogen (secondary N) is 1. The molecule has 1 fully saturated rings. The Balaban J connectivity index is 1.27. The van der Waals surface area contributed by atoms with Gasteiger partial charge < -0.3 is 19.2 Å². The smallest absolute Gasteiger partial charge is 0.338 e. The summed E-state index contributed by atoms with van der Waals surface area (Å²) in [6.45, 7) is 4.45. The quantitative estimate of drug-likeness (QED) is 0.604. The van der Waals surface area contributed by atoms with E-state index >= 15 is 0 Å². The van der Waals surface area contributed by atoms with Gasteiger partial charge in [0.2, 0.25) is 6.79 Å². The summed E-state index contributed by atoms with van der Waals surface area (Å²) in [4.78, 5) is 14.4. The highest BCUT2D eigenvalue weighted by Crippen LogP contribution is 2.36. The van der Waals surface area contributed by atoms with Crippen molar-refractivity contribution in [2.75, 3.05) is 25.2 Å². The van der Waals surface area contributed by atoms with Crippen LogP contribution >= 0.6 is 11.6 Å². The van der Waals surface area contributed by atoms with Crippen LogP contribution in [0.2, 0.25) is 5.02 Å². The molecule has 0 spiro atoms. The molecule has 30 heavy (non-hydrogen) atoms. The first kappa shape index (κ1) is 19.3. The fraction of sp³-hybridized carbons (Fsp3) is 0.348. The Bertz CT molecular complexity index is 1140. The van der Waals surface area contributed by atoms with Gasteiger partial charge in [-0.3, -0.25) is 4.90 Å². The molecule has 1 aromatic heterocycles. The predicted molar refractivity (Wildman–Crippen MR) is 117 cm³/mol. The molecule has 1 saturated heterocycles. The summed E-state index contributed by atoms with van der Waals surface area (Å²) in [7, 11) is 0. The van der Waals surface area contributed by atoms with Crippen LogP contribution in [0.1, 0.15) is 31.4 Å². The van der Waals surface area contributed by atoms with Crippen molar-refractivity contribution in [2.45, 2.75) is 31.8 Å². The second kappa shape index (κ2) is 7.85. The van der Waals surface area contributed by atoms with Gasteiger partial charge >= 0.3 is 5.63 Å². The van der Waals surface area contributed by atoms with Crippen molar-refractivity contribution < 1.29 is 13.9 Å². The third-order valence-corrected chi connectivity index (χ3v) is 6.26. The predicted octanol–water partition coefficient (Wildman–Crippen LogP) is 4.81. The van der Waals surface area contributed by atoms with Crippen LogP contribution in [-0.4, -0.2) is 30.8 Å². The van der Waals surface area contributed by atoms with Gasteiger partial charge in [0.25, 0.3) is 0 Å². The van der Waals surface area contributed by atoms with E-state index in [0.717, 1.165) is 48.5 Å². The van der Waals surface area contributed by atoms with Crippen molar-refractivity contribution >= 4 is 28.3 Å². The van der Waals surface area contributed by atoms with Crippen molar-refractivity contribution in [3.63, 3.8) is 0 Å². The minimum absolute atomic E-state index is 0.286. The maximum Gasteiger partial charge on any atom is 0.338 e. The van der Waals surface area contributed by atoms with Crippen LogP contribution in [0.25, 0.3) is 11.0 Å². The lowest BCUT2D eigenvalue weighted by molar-refractivity contribution is 0.166. The lowest BCUT2D eigenvalue weighted by Crippen LogP contribution is -2.40. The molecule has 0 amide bonds. The summed E-state index contributed by atoms with van der Waals surface area (Å²) in [6, 6.07) is 13.6. The number of fused-ring (bicyclic) bond motifs is 2. The summed E-state index contributed by atoms with van der Waals surface area (Å²) in [5.41, 5.74) is 2.20. The molecule has 2 aliphatic heterocycles. The van der Waals surface area contributed by atoms with Gasteiger partial charge in [-0.05, 0) is 55.7 Å². The van der Waals surface area contributed by atoms with Crippen molar-refractivity contribution in [3.8, 4) is 11.5 Å². The highest BCUT2D eigenvalue weighted by molar-refractivity contribution is 6.31. The maximum absolute atomic E-state index is 11.9. The monoisotopic (exact) mass is 426 g/mol. The lowest BCUT2D eigenvalue weighted by Gasteiger charge is -2.37. The van der Waals surface area contributed by atoms with Crippen molar-refractivity contribution in [2.24, 2.45) is 0 Å². The van der Waals surface area contributed by atoms with E-state index in [-0.39, 0.29) is 11.7 Å². The molecule has 1 N–H and O–H groups in total. The zero-order chi connectivity index (χ0) is 20.7. The summed E-state index contributed by atoms with van der Waals surface area (Å²) in [5, 5.41) is 4.99. The van der Waals surface area contributed by atoms with Gasteiger partial charge in [-0.15, -0.1) is 0 Å². The van der Waals surface area contributed by atoms with Crippen molar-refractivity contribution in [3.05, 3.63) is 63.5 Å². The number of hydrogen-bond donors (Lipinski definition) is 1. The molecule has 3 aromatic rings. The third-order valence-electron chi connectivity index (χ3n) is 6.02. The molecule has 0 bridgehead atoms. The fourth-order valence-electron chi connectivity index (χ4n) is 4.29. The molecule has 0 saturated carbocycles. The molecule has 6 nitrogen and oxygen atoms in total. The normalized spacial score (nSPS) is 17.9. The Hall–Kier alpha value is -2.70. The highest BCUT2D eigenvalue weighted by Gasteiger charge is 2.25. The molecule has 0 aliphatic carbocycles. The minimum atomic E-state index is -0.360. The number of hydrogen-bond acceptors (Lipinski definition) is 6. The van der Waals surface area contributed by atoms with Crippen LogP contribution in [0.5, 0.6) is 11.5 Å². The van der Waals surface area contributed by atoms with E-state index in [1.807, 2.05) is 12.1 Å². The third kappa shape index (κ3) is 3.73. The zero-order valence-corrected chi connectivity index (χ0v) is 17.4. The minimum Gasteiger partial charge on any atom is -0.454 e. The van der Waals surface area contributed by atoms with Gasteiger partial charge in [-0.1, -0.05) is 17.7 Å². The summed E-state index contributed by atoms with van der Waals surface area (Å²) >= 11 is 6.15. The average molecular weight is 427 g/mol. The molecule has 0 radical (unpaired) electrons. The van der Waals surface area contributed by atoms with Crippen LogP contribution in [0.4, 0.5) is 5.69 Å². The Morgan fingerprint density at radius 2 is 1.87 bits per heavy atom. The Morgan fingerprint density at radius 1 is 1.07 bits per heavy atom. The summed E-state index contributed by atoms with van der Waals surface area (Å²) in [5.74, 6) is 1.64. The first-order valence-corrected chi connectivity index (χ1v) is 10.6. The average Bonchev–Trinajstić information content (AvgIpc) is 3.22. The van der Waals surface area contributed by atoms with E-state index in [4.69, 9.17) is 25.5 Å². The van der Waals surface area contributed by atoms with Crippen LogP contribution < -0.4 is 20.4 Å². The molecule has 1 atom stereocenters. The standard InChI is InChI=1S/C23H23ClN2O4/c1-14(15-2-4-21-22(10-15)29-13-28-21)26-8-6-17(7-9-26)25-19-12-23(27)30-20-5-3-16(24)11-18(19)20/h2-5,10-12,14,17,25H,6-9,13H2,1H3/t14-/m1/s1. The van der Waals surface area contributed by atoms with E-state index in [0.29, 0.717) is 23.4 Å². The molecular weight excluding hydrogens is 404 g/mol. The summed E-state index contributed by atoms with van der Waals surface area (Å²) in [6.07, 6.45) is 1.97. The van der Waals surface area contributed by atoms with Gasteiger partial charge in [-0.25, -0.2) is 4.79 Å². The topological polar surface area (TPSA) is 63.9 Å². The van der Waals surface area contributed by atoms with Crippen molar-refractivity contribution in [1.82, 2.24) is 4.90 Å². The molecular formula is C23H23ClN2O4. The van der Waals surface area contributed by atoms with E-state index in [1.165, 1.54) is 11.6 Å². The zero-order valence-electron chi connectivity index (χ0n) is 16.7. The van der Waals surface area contributed by atoms with Crippen LogP contribution in [-0.2, 0) is 0 Å². The second-order valence-corrected chi connectivity index (χ2v) is 8.30. The highest BCUT2D eigenvalue weighted by atomic mass is 35.5. The van der Waals surface area contributed by atoms with Gasteiger partial charge in [0.1, 0.15) is 5.58 Å². The number of benzene rings is 2. The first-order chi connectivity index (χ1) is 14.6. The fourth-order valence-corrected chi connectivity index (χ4v) is 4.46. The van der Waals surface area contributed by atoms with E-state index in [2.05, 4.69) is 29.3 Å². The molecule has 5 rings (SSSR count). The van der Waals surface area contributed by atoms with E-state index in [9.17, 15) is 4.79 Å². The molecule has 2 aromatic carbocycles. The largest absolute Gasteiger partial charge is 0.454 e. The molecule has 156 valence electrons. The van der Waals surface area contributed by atoms with E-state index in [1.54, 1.807) is 12.1 Å². The first-order valence-electron chi connectivity index (χ1n) is 10.2. The number of nitrogens with zero attached hydrogens (tertiary/aromatic N) is 1. The van der Waals surface area contributed by atoms with Gasteiger partial charge in [0.05, 0.1) is 5.69 Å². The molecule has 0 unspecified atom stereocenters. The van der Waals surface area contributed by atoms with Gasteiger partial charge in [0.15, 0.2) is 11.5 Å². The second-order valence-electron chi connectivity index (χ2n) is 7.86. The number of ether oxygens (including phenoxy) is 2. The number of anilines is 1. The SMILES string of the molecule is C[C@H](c1ccc2c(c1)OCO2)N1CCC(Nc2cc(=O)oc3ccc(Cl)cc23)CC1. The van der Waals surface area contributed by atoms with Crippen LogP contribution in [0, 0.1) is 0 Å². The number of rotatable bonds is 4. The maximum atomic E-state index is 11.9. The van der Waals surface area contributed by atoms with Gasteiger partial charge in [0, 0.05) is 41.6 Å². The summed E-state index contributed by atoms with van der Waals surface area (Å²) < 4.78 is 16.2. The Kier molecular flexibility index (Phi) is 5.05. The van der Waals surface area contributed by atoms with Crippen LogP contribution in [0.15, 0.2) is 51.7 Å². The lowest BCUT2D eigenvalue weighted by atomic mass is 9.99. The van der Waals surface area contributed by atoms with Crippen molar-refractivity contribution in [1.29, 1.82) is 0 Å². The Morgan fingerprint density at radius 3 is 2.70 bits per heavy atom. The number of piperidine rings is 1. The Labute approximate surface area is 179 Å². The van der Waals surface area contributed by atoms with Crippen LogP contribution in [0.3, 0.4) is 0 Å². The molecule has 7 heteroatoms. The van der Waals surface area contributed by atoms with Gasteiger partial charge in [-0.2, -0.15) is 0 Å².